The van der Waals surface area contributed by atoms with Gasteiger partial charge in [0.15, 0.2) is 0 Å². The van der Waals surface area contributed by atoms with E-state index in [-0.39, 0.29) is 0 Å². The van der Waals surface area contributed by atoms with E-state index in [0.29, 0.717) is 0 Å². The van der Waals surface area contributed by atoms with Crippen LogP contribution >= 0.6 is 0 Å². The van der Waals surface area contributed by atoms with Gasteiger partial charge in [-0.15, -0.1) is 0 Å². The van der Waals surface area contributed by atoms with Crippen molar-refractivity contribution in [1.29, 1.82) is 0 Å². The third-order valence-corrected chi connectivity index (χ3v) is 28.8. The highest BCUT2D eigenvalue weighted by Crippen LogP contribution is 2.65. The molecule has 0 amide bonds. The Kier molecular flexibility index (Phi) is 25.1. The van der Waals surface area contributed by atoms with Crippen molar-refractivity contribution in [2.75, 3.05) is 0 Å². The quantitative estimate of drug-likeness (QED) is 0.227. The maximum atomic E-state index is 1.62. The average molecular weight is 1090 g/mol. The van der Waals surface area contributed by atoms with Crippen LogP contribution in [0.1, 0.15) is 379 Å². The van der Waals surface area contributed by atoms with E-state index < -0.39 is 0 Å². The minimum atomic E-state index is 1.11. The Balaban J connectivity index is 0.0000000957. The minimum absolute atomic E-state index is 1.11. The molecule has 0 heterocycles. The number of fused-ring (bicyclic) bond motifs is 37. The van der Waals surface area contributed by atoms with E-state index >= 15 is 0 Å². The molecule has 22 aliphatic rings. The van der Waals surface area contributed by atoms with Crippen LogP contribution in [-0.4, -0.2) is 0 Å². The van der Waals surface area contributed by atoms with Gasteiger partial charge in [-0.3, -0.25) is 0 Å². The molecule has 0 N–H and O–H groups in total. The highest BCUT2D eigenvalue weighted by Gasteiger charge is 2.57. The Bertz CT molecular complexity index is 1430. The van der Waals surface area contributed by atoms with Crippen molar-refractivity contribution in [2.24, 2.45) is 118 Å². The van der Waals surface area contributed by atoms with Gasteiger partial charge in [0.05, 0.1) is 0 Å². The Morgan fingerprint density at radius 1 is 0.101 bits per heavy atom. The molecule has 0 saturated heterocycles. The molecule has 0 nitrogen and oxygen atoms in total. The minimum Gasteiger partial charge on any atom is -0.0530 e. The fraction of sp³-hybridized carbons (Fsp3) is 1.00. The van der Waals surface area contributed by atoms with E-state index in [4.69, 9.17) is 0 Å². The lowest BCUT2D eigenvalue weighted by atomic mass is 9.66. The zero-order valence-electron chi connectivity index (χ0n) is 53.3. The predicted molar refractivity (Wildman–Crippen MR) is 342 cm³/mol. The molecule has 16 bridgehead atoms. The second-order valence-corrected chi connectivity index (χ2v) is 33.9. The van der Waals surface area contributed by atoms with Crippen molar-refractivity contribution in [2.45, 2.75) is 379 Å². The van der Waals surface area contributed by atoms with Crippen molar-refractivity contribution in [3.8, 4) is 0 Å². The van der Waals surface area contributed by atoms with Crippen molar-refractivity contribution < 1.29 is 0 Å². The lowest BCUT2D eigenvalue weighted by Crippen LogP contribution is -2.31. The molecule has 0 radical (unpaired) electrons. The summed E-state index contributed by atoms with van der Waals surface area (Å²) in [5, 5.41) is 0. The summed E-state index contributed by atoms with van der Waals surface area (Å²) < 4.78 is 0. The second-order valence-electron chi connectivity index (χ2n) is 33.9. The summed E-state index contributed by atoms with van der Waals surface area (Å²) in [4.78, 5) is 0. The van der Waals surface area contributed by atoms with Gasteiger partial charge in [-0.25, -0.2) is 0 Å². The van der Waals surface area contributed by atoms with Crippen LogP contribution in [0.5, 0.6) is 0 Å². The normalized spacial score (nSPS) is 45.3. The van der Waals surface area contributed by atoms with Crippen molar-refractivity contribution >= 4 is 0 Å². The first-order valence-electron chi connectivity index (χ1n) is 39.1. The largest absolute Gasteiger partial charge is 0.0530 e. The SMILES string of the molecule is C1CC2CC1C1CC21.C1CC2CC1C1CCC21.C1CC2CCC1CC2.C1CC2CCCC(C1)CC2.C1CC2CCCC(C1)CCC2.C1CCC2CCC(C1)CC2.C1CCC2CCCC(C1)CC2.C1CCC2CCCC(C1)CCC2. The third-order valence-electron chi connectivity index (χ3n) is 28.8. The highest BCUT2D eigenvalue weighted by molar-refractivity contribution is 5.06. The predicted octanol–water partition coefficient (Wildman–Crippen LogP) is 25.5. The molecular weight excluding hydrogens is 949 g/mol. The second kappa shape index (κ2) is 32.7. The fourth-order valence-corrected chi connectivity index (χ4v) is 23.4. The van der Waals surface area contributed by atoms with E-state index in [2.05, 4.69) is 0 Å². The standard InChI is InChI=1S/C12H22.2C11H20.2C10H18.C9H14.C8H12.C8H14/c1-2-6-12-9-3-7-11(5-1)8-4-10-12;1-4-10-6-2-7-11(5-1)9-3-8-10;1-2-5-11-7-3-6-10(4-1)8-9-11;1-3-9-5-2-6-10(4-1)8-7-9;1-2-4-10-7-5-9(3-1)6-8-10;1-2-7-5-6(1)8-3-4-9(7)8;1-2-6-3-5(1)7-4-8(6)7;1-2-8-5-3-7(1)4-6-8/h11-12H,1-10H2;2*10-11H,1-9H2;2*9-10H,1-8H2;6-9H,1-5H2;5-8H,1-4H2;7-8H,1-6H2. The topological polar surface area (TPSA) is 0 Å². The summed E-state index contributed by atoms with van der Waals surface area (Å²) in [6.45, 7) is 0. The smallest absolute Gasteiger partial charge is 0.0352 e. The molecule has 0 aliphatic heterocycles. The van der Waals surface area contributed by atoms with Gasteiger partial charge < -0.3 is 0 Å². The summed E-state index contributed by atoms with van der Waals surface area (Å²) >= 11 is 0. The first-order chi connectivity index (χ1) is 39.1. The van der Waals surface area contributed by atoms with E-state index in [1.165, 1.54) is 137 Å². The number of hydrogen-bond acceptors (Lipinski definition) is 0. The monoisotopic (exact) mass is 1090 g/mol. The lowest BCUT2D eigenvalue weighted by molar-refractivity contribution is 0.103. The van der Waals surface area contributed by atoms with Gasteiger partial charge in [0.1, 0.15) is 0 Å². The molecule has 22 fully saturated rings. The molecule has 79 heavy (non-hydrogen) atoms. The zero-order valence-corrected chi connectivity index (χ0v) is 53.3. The average Bonchev–Trinajstić information content (AvgIpc) is 3.92. The Morgan fingerprint density at radius 2 is 0.253 bits per heavy atom. The van der Waals surface area contributed by atoms with Crippen molar-refractivity contribution in [3.05, 3.63) is 0 Å². The molecule has 10 atom stereocenters. The molecule has 0 spiro atoms. The fourth-order valence-electron chi connectivity index (χ4n) is 23.4. The third kappa shape index (κ3) is 19.2. The van der Waals surface area contributed by atoms with Gasteiger partial charge in [0.2, 0.25) is 0 Å². The van der Waals surface area contributed by atoms with Crippen LogP contribution in [0, 0.1) is 118 Å². The van der Waals surface area contributed by atoms with E-state index in [0.717, 1.165) is 71.0 Å². The Labute approximate surface area is 494 Å². The maximum absolute atomic E-state index is 1.62. The van der Waals surface area contributed by atoms with E-state index in [1.807, 2.05) is 0 Å². The highest BCUT2D eigenvalue weighted by atomic mass is 14.6. The molecule has 22 rings (SSSR count). The Hall–Kier alpha value is 0. The molecule has 22 saturated carbocycles. The van der Waals surface area contributed by atoms with Crippen molar-refractivity contribution in [3.63, 3.8) is 0 Å². The Morgan fingerprint density at radius 3 is 0.430 bits per heavy atom. The van der Waals surface area contributed by atoms with Gasteiger partial charge in [-0.1, -0.05) is 321 Å². The summed E-state index contributed by atoms with van der Waals surface area (Å²) in [7, 11) is 0. The first kappa shape index (κ1) is 60.7. The molecule has 0 aromatic rings. The van der Waals surface area contributed by atoms with Crippen LogP contribution in [0.4, 0.5) is 0 Å². The number of hydrogen-bond donors (Lipinski definition) is 0. The molecule has 10 unspecified atom stereocenters. The van der Waals surface area contributed by atoms with E-state index in [9.17, 15) is 0 Å². The maximum Gasteiger partial charge on any atom is -0.0352 e. The summed E-state index contributed by atoms with van der Waals surface area (Å²) in [5.74, 6) is 23.3. The van der Waals surface area contributed by atoms with Crippen molar-refractivity contribution in [1.82, 2.24) is 0 Å². The number of rotatable bonds is 0. The molecule has 454 valence electrons. The van der Waals surface area contributed by atoms with Gasteiger partial charge in [-0.2, -0.15) is 0 Å². The molecule has 22 aliphatic carbocycles. The van der Waals surface area contributed by atoms with Crippen LogP contribution in [0.15, 0.2) is 0 Å². The molecule has 0 heteroatoms. The van der Waals surface area contributed by atoms with Crippen LogP contribution in [0.25, 0.3) is 0 Å². The van der Waals surface area contributed by atoms with Crippen LogP contribution in [-0.2, 0) is 0 Å². The van der Waals surface area contributed by atoms with Gasteiger partial charge >= 0.3 is 0 Å². The van der Waals surface area contributed by atoms with E-state index in [1.54, 1.807) is 289 Å². The summed E-state index contributed by atoms with van der Waals surface area (Å²) in [5.41, 5.74) is 0. The van der Waals surface area contributed by atoms with Crippen LogP contribution < -0.4 is 0 Å². The molecule has 0 aromatic heterocycles. The molecule has 0 aromatic carbocycles. The first-order valence-corrected chi connectivity index (χ1v) is 39.1. The van der Waals surface area contributed by atoms with Gasteiger partial charge in [0, 0.05) is 0 Å². The van der Waals surface area contributed by atoms with Crippen LogP contribution in [0.3, 0.4) is 0 Å². The summed E-state index contributed by atoms with van der Waals surface area (Å²) in [6, 6.07) is 0. The van der Waals surface area contributed by atoms with Crippen LogP contribution in [0.2, 0.25) is 0 Å². The zero-order chi connectivity index (χ0) is 53.3. The summed E-state index contributed by atoms with van der Waals surface area (Å²) in [6.07, 6.45) is 91.8. The lowest BCUT2D eigenvalue weighted by Gasteiger charge is -2.40. The van der Waals surface area contributed by atoms with Gasteiger partial charge in [0.25, 0.3) is 0 Å². The van der Waals surface area contributed by atoms with Gasteiger partial charge in [-0.05, 0) is 176 Å². The molecular formula is C79H138.